The summed E-state index contributed by atoms with van der Waals surface area (Å²) in [6.07, 6.45) is 8.14. The van der Waals surface area contributed by atoms with Gasteiger partial charge in [0.1, 0.15) is 17.4 Å². The average Bonchev–Trinajstić information content (AvgIpc) is 3.92. The number of methoxy groups -OCH3 is 1. The number of fused-ring (bicyclic) bond motifs is 2. The van der Waals surface area contributed by atoms with E-state index in [1.807, 2.05) is 54.6 Å². The SMILES string of the molecule is COc1cc(CCC(=O)C(C(O)CCc2ccc(O)c3c2CCCO3)C2(c3ccnc(Nc4ccc5cc(O)ccc5c4)c3)CCCC2Cc2ccc[n-]2)cc(O)c1O. The number of aromatic nitrogens is 2. The van der Waals surface area contributed by atoms with Gasteiger partial charge in [-0.15, -0.1) is 0 Å². The van der Waals surface area contributed by atoms with Crippen LogP contribution in [0.2, 0.25) is 0 Å². The average molecular weight is 797 g/mol. The van der Waals surface area contributed by atoms with Crippen molar-refractivity contribution in [1.29, 1.82) is 0 Å². The second kappa shape index (κ2) is 17.0. The summed E-state index contributed by atoms with van der Waals surface area (Å²) >= 11 is 0. The van der Waals surface area contributed by atoms with Gasteiger partial charge in [-0.25, -0.2) is 4.98 Å². The Labute approximate surface area is 343 Å². The van der Waals surface area contributed by atoms with Crippen LogP contribution in [0, 0.1) is 11.8 Å². The van der Waals surface area contributed by atoms with E-state index in [-0.39, 0.29) is 53.3 Å². The minimum absolute atomic E-state index is 0.0442. The number of carbonyl (C=O) groups is 1. The smallest absolute Gasteiger partial charge is 0.200 e. The van der Waals surface area contributed by atoms with Gasteiger partial charge in [-0.3, -0.25) is 4.79 Å². The van der Waals surface area contributed by atoms with Gasteiger partial charge in [0.05, 0.1) is 25.7 Å². The Balaban J connectivity index is 1.19. The van der Waals surface area contributed by atoms with Gasteiger partial charge in [0, 0.05) is 29.3 Å². The van der Waals surface area contributed by atoms with Gasteiger partial charge in [0.15, 0.2) is 23.0 Å². The van der Waals surface area contributed by atoms with Crippen molar-refractivity contribution in [3.63, 3.8) is 0 Å². The minimum atomic E-state index is -1.05. The zero-order valence-electron chi connectivity index (χ0n) is 33.1. The molecule has 0 amide bonds. The summed E-state index contributed by atoms with van der Waals surface area (Å²) in [5.41, 5.74) is 4.39. The number of nitrogens with zero attached hydrogens (tertiary/aromatic N) is 2. The van der Waals surface area contributed by atoms with Crippen LogP contribution < -0.4 is 19.8 Å². The highest BCUT2D eigenvalue weighted by Gasteiger charge is 2.54. The van der Waals surface area contributed by atoms with E-state index in [1.165, 1.54) is 13.2 Å². The molecule has 4 aromatic carbocycles. The number of Topliss-reactive ketones (excluding diaryl/α,β-unsaturated/α-hetero) is 1. The molecule has 2 aromatic heterocycles. The van der Waals surface area contributed by atoms with Crippen LogP contribution >= 0.6 is 0 Å². The number of aliphatic hydroxyl groups is 1. The molecule has 11 heteroatoms. The molecule has 306 valence electrons. The molecule has 6 aromatic rings. The normalized spacial score (nSPS) is 18.5. The maximum Gasteiger partial charge on any atom is 0.200 e. The van der Waals surface area contributed by atoms with Crippen LogP contribution in [0.3, 0.4) is 0 Å². The lowest BCUT2D eigenvalue weighted by molar-refractivity contribution is -0.131. The highest BCUT2D eigenvalue weighted by atomic mass is 16.5. The molecule has 3 heterocycles. The number of carbonyl (C=O) groups excluding carboxylic acids is 1. The molecule has 0 bridgehead atoms. The van der Waals surface area contributed by atoms with E-state index in [9.17, 15) is 25.5 Å². The molecule has 2 aliphatic rings. The van der Waals surface area contributed by atoms with Crippen molar-refractivity contribution in [3.05, 3.63) is 125 Å². The highest BCUT2D eigenvalue weighted by Crippen LogP contribution is 2.54. The van der Waals surface area contributed by atoms with Crippen LogP contribution in [0.5, 0.6) is 34.5 Å². The Morgan fingerprint density at radius 3 is 2.64 bits per heavy atom. The van der Waals surface area contributed by atoms with Crippen molar-refractivity contribution in [1.82, 2.24) is 9.97 Å². The number of hydrogen-bond acceptors (Lipinski definition) is 10. The molecule has 1 aliphatic carbocycles. The lowest BCUT2D eigenvalue weighted by Gasteiger charge is -2.45. The molecule has 0 spiro atoms. The molecule has 1 aliphatic heterocycles. The predicted octanol–water partition coefficient (Wildman–Crippen LogP) is 8.18. The zero-order chi connectivity index (χ0) is 41.1. The number of hydrogen-bond donors (Lipinski definition) is 6. The van der Waals surface area contributed by atoms with Gasteiger partial charge >= 0.3 is 0 Å². The number of aliphatic hydroxyl groups excluding tert-OH is 1. The van der Waals surface area contributed by atoms with E-state index in [4.69, 9.17) is 14.5 Å². The number of ketones is 1. The van der Waals surface area contributed by atoms with Gasteiger partial charge in [0.25, 0.3) is 0 Å². The highest BCUT2D eigenvalue weighted by molar-refractivity contribution is 5.87. The van der Waals surface area contributed by atoms with Crippen molar-refractivity contribution >= 4 is 28.1 Å². The summed E-state index contributed by atoms with van der Waals surface area (Å²) in [6, 6.07) is 25.6. The number of pyridine rings is 1. The van der Waals surface area contributed by atoms with Crippen LogP contribution in [-0.2, 0) is 35.9 Å². The first-order chi connectivity index (χ1) is 28.6. The zero-order valence-corrected chi connectivity index (χ0v) is 33.1. The third-order valence-corrected chi connectivity index (χ3v) is 12.5. The maximum absolute atomic E-state index is 15.2. The number of nitrogens with one attached hydrogen (secondary N) is 1. The fourth-order valence-electron chi connectivity index (χ4n) is 9.75. The van der Waals surface area contributed by atoms with Crippen molar-refractivity contribution in [2.45, 2.75) is 75.7 Å². The fraction of sp³-hybridized carbons (Fsp3) is 0.333. The predicted molar refractivity (Wildman–Crippen MR) is 225 cm³/mol. The summed E-state index contributed by atoms with van der Waals surface area (Å²) < 4.78 is 11.1. The molecule has 1 saturated carbocycles. The molecule has 6 N–H and O–H groups in total. The first-order valence-corrected chi connectivity index (χ1v) is 20.4. The Hall–Kier alpha value is -6.20. The van der Waals surface area contributed by atoms with E-state index >= 15 is 4.79 Å². The summed E-state index contributed by atoms with van der Waals surface area (Å²) in [6.45, 7) is 0.532. The lowest BCUT2D eigenvalue weighted by Crippen LogP contribution is -2.49. The maximum atomic E-state index is 15.2. The number of phenols is 4. The topological polar surface area (TPSA) is 176 Å². The molecule has 0 radical (unpaired) electrons. The van der Waals surface area contributed by atoms with Crippen LogP contribution in [0.25, 0.3) is 10.8 Å². The van der Waals surface area contributed by atoms with E-state index in [1.54, 1.807) is 36.7 Å². The van der Waals surface area contributed by atoms with Crippen molar-refractivity contribution in [2.75, 3.05) is 19.0 Å². The number of benzene rings is 4. The Kier molecular flexibility index (Phi) is 11.4. The minimum Gasteiger partial charge on any atom is -0.668 e. The summed E-state index contributed by atoms with van der Waals surface area (Å²) in [5, 5.41) is 59.3. The molecule has 1 fully saturated rings. The van der Waals surface area contributed by atoms with E-state index < -0.39 is 17.4 Å². The third kappa shape index (κ3) is 8.12. The standard InChI is InChI=1S/C48H50N3O8/c1-58-43-24-29(23-42(56)46(43)57)8-15-39(53)45(40(54)16-11-30-12-17-41(55)47-38(30)7-4-22-59-47)48(19-2-5-33(48)27-35-6-3-20-49-35)34-18-21-50-44(28-34)51-36-13-9-32-26-37(52)14-10-31(32)25-36/h3,6,9-10,12-14,17-18,20-21,23-26,28,33,40,45,52,54-57H,2,4-5,7-8,11,15-16,19,22,27H2,1H3,(H,50,51)/q-1. The first kappa shape index (κ1) is 39.6. The molecule has 0 saturated heterocycles. The molecule has 11 nitrogen and oxygen atoms in total. The Morgan fingerprint density at radius 1 is 0.966 bits per heavy atom. The fourth-order valence-corrected chi connectivity index (χ4v) is 9.75. The van der Waals surface area contributed by atoms with E-state index in [0.29, 0.717) is 49.4 Å². The van der Waals surface area contributed by atoms with Gasteiger partial charge in [-0.1, -0.05) is 36.8 Å². The molecule has 4 atom stereocenters. The number of aromatic hydroxyl groups is 4. The van der Waals surface area contributed by atoms with Crippen LogP contribution in [0.1, 0.15) is 66.5 Å². The van der Waals surface area contributed by atoms with Gasteiger partial charge in [-0.05, 0) is 139 Å². The number of aryl methyl sites for hydroxylation is 2. The molecule has 4 unspecified atom stereocenters. The second-order valence-electron chi connectivity index (χ2n) is 16.0. The lowest BCUT2D eigenvalue weighted by atomic mass is 9.59. The largest absolute Gasteiger partial charge is 0.668 e. The summed E-state index contributed by atoms with van der Waals surface area (Å²) in [7, 11) is 1.41. The Bertz CT molecular complexity index is 2450. The molecule has 59 heavy (non-hydrogen) atoms. The van der Waals surface area contributed by atoms with Gasteiger partial charge in [-0.2, -0.15) is 11.9 Å². The van der Waals surface area contributed by atoms with E-state index in [2.05, 4.69) is 10.3 Å². The number of anilines is 2. The second-order valence-corrected chi connectivity index (χ2v) is 16.0. The number of ether oxygens (including phenoxy) is 2. The Morgan fingerprint density at radius 2 is 1.81 bits per heavy atom. The summed E-state index contributed by atoms with van der Waals surface area (Å²) in [5.74, 6) is -0.163. The molecular formula is C48H50N3O8-. The van der Waals surface area contributed by atoms with Crippen LogP contribution in [-0.4, -0.2) is 56.1 Å². The van der Waals surface area contributed by atoms with Crippen molar-refractivity contribution in [3.8, 4) is 34.5 Å². The van der Waals surface area contributed by atoms with Gasteiger partial charge in [0.2, 0.25) is 5.75 Å². The van der Waals surface area contributed by atoms with E-state index in [0.717, 1.165) is 64.5 Å². The molecule has 8 rings (SSSR count). The van der Waals surface area contributed by atoms with Crippen LogP contribution in [0.4, 0.5) is 11.5 Å². The third-order valence-electron chi connectivity index (χ3n) is 12.5. The molecular weight excluding hydrogens is 747 g/mol. The number of rotatable bonds is 15. The number of phenolic OH excluding ortho intramolecular Hbond substituents is 4. The van der Waals surface area contributed by atoms with Crippen molar-refractivity contribution < 1.29 is 39.8 Å². The van der Waals surface area contributed by atoms with Crippen molar-refractivity contribution in [2.24, 2.45) is 11.8 Å². The quantitative estimate of drug-likeness (QED) is 0.0553. The van der Waals surface area contributed by atoms with Crippen LogP contribution in [0.15, 0.2) is 97.3 Å². The summed E-state index contributed by atoms with van der Waals surface area (Å²) in [4.78, 5) is 24.5. The monoisotopic (exact) mass is 796 g/mol. The first-order valence-electron chi connectivity index (χ1n) is 20.4. The van der Waals surface area contributed by atoms with Gasteiger partial charge < -0.3 is 45.3 Å².